The van der Waals surface area contributed by atoms with Crippen LogP contribution in [0.3, 0.4) is 0 Å². The highest BCUT2D eigenvalue weighted by atomic mass is 16.7. The van der Waals surface area contributed by atoms with Gasteiger partial charge in [-0.1, -0.05) is 13.8 Å². The number of hydrogen-bond acceptors (Lipinski definition) is 5. The molecule has 0 aromatic rings. The number of nitrogens with one attached hydrogen (secondary N) is 3. The van der Waals surface area contributed by atoms with Crippen molar-refractivity contribution in [3.05, 3.63) is 0 Å². The topological polar surface area (TPSA) is 54.5 Å². The Morgan fingerprint density at radius 3 is 1.38 bits per heavy atom. The predicted octanol–water partition coefficient (Wildman–Crippen LogP) is 0.276. The van der Waals surface area contributed by atoms with Gasteiger partial charge in [-0.05, 0) is 34.2 Å². The van der Waals surface area contributed by atoms with Crippen molar-refractivity contribution in [1.82, 2.24) is 16.0 Å². The minimum Gasteiger partial charge on any atom is -0.355 e. The van der Waals surface area contributed by atoms with Gasteiger partial charge in [0.15, 0.2) is 6.29 Å². The van der Waals surface area contributed by atoms with E-state index >= 15 is 0 Å². The third-order valence-corrected chi connectivity index (χ3v) is 1.40. The average molecular weight is 237 g/mol. The second kappa shape index (κ2) is 24.2. The van der Waals surface area contributed by atoms with Crippen LogP contribution in [0, 0.1) is 0 Å². The third kappa shape index (κ3) is 29.2. The fraction of sp³-hybridized carbons (Fsp3) is 1.00. The zero-order chi connectivity index (χ0) is 13.2. The first-order valence-corrected chi connectivity index (χ1v) is 5.67. The van der Waals surface area contributed by atoms with Crippen molar-refractivity contribution >= 4 is 0 Å². The van der Waals surface area contributed by atoms with Crippen molar-refractivity contribution in [2.24, 2.45) is 0 Å². The highest BCUT2D eigenvalue weighted by Gasteiger charge is 1.99. The van der Waals surface area contributed by atoms with Crippen molar-refractivity contribution in [3.8, 4) is 0 Å². The maximum absolute atomic E-state index is 4.86. The van der Waals surface area contributed by atoms with Crippen molar-refractivity contribution in [1.29, 1.82) is 0 Å². The van der Waals surface area contributed by atoms with Crippen molar-refractivity contribution < 1.29 is 9.47 Å². The van der Waals surface area contributed by atoms with Gasteiger partial charge in [-0.15, -0.1) is 0 Å². The Hall–Kier alpha value is -0.200. The molecule has 0 aliphatic heterocycles. The Bertz CT molecular complexity index is 89.3. The van der Waals surface area contributed by atoms with Crippen LogP contribution in [0.1, 0.15) is 13.8 Å². The molecule has 5 nitrogen and oxygen atoms in total. The van der Waals surface area contributed by atoms with Crippen LogP contribution in [0.25, 0.3) is 0 Å². The normalized spacial score (nSPS) is 9.00. The maximum atomic E-state index is 4.86. The molecule has 16 heavy (non-hydrogen) atoms. The van der Waals surface area contributed by atoms with Gasteiger partial charge in [0.2, 0.25) is 0 Å². The minimum absolute atomic E-state index is 0.111. The first-order valence-electron chi connectivity index (χ1n) is 5.67. The van der Waals surface area contributed by atoms with Crippen LogP contribution in [-0.4, -0.2) is 61.3 Å². The highest BCUT2D eigenvalue weighted by molar-refractivity contribution is 4.42. The van der Waals surface area contributed by atoms with Crippen LogP contribution in [0.15, 0.2) is 0 Å². The fourth-order valence-electron chi connectivity index (χ4n) is 0.680. The van der Waals surface area contributed by atoms with Crippen LogP contribution in [0.4, 0.5) is 0 Å². The molecule has 0 heterocycles. The lowest BCUT2D eigenvalue weighted by atomic mass is 10.6. The Morgan fingerprint density at radius 1 is 0.938 bits per heavy atom. The van der Waals surface area contributed by atoms with E-state index in [-0.39, 0.29) is 6.29 Å². The lowest BCUT2D eigenvalue weighted by Crippen LogP contribution is -2.26. The predicted molar refractivity (Wildman–Crippen MR) is 70.9 cm³/mol. The highest BCUT2D eigenvalue weighted by Crippen LogP contribution is 1.85. The van der Waals surface area contributed by atoms with E-state index in [9.17, 15) is 0 Å². The number of rotatable bonds is 6. The van der Waals surface area contributed by atoms with Gasteiger partial charge in [-0.25, -0.2) is 0 Å². The fourth-order valence-corrected chi connectivity index (χ4v) is 0.680. The molecular formula is C11H31N3O2. The Balaban J connectivity index is -0.000000181. The van der Waals surface area contributed by atoms with Crippen LogP contribution in [0.2, 0.25) is 0 Å². The SMILES string of the molecule is CCNCC.CNC.CNCC(OC)OC. The lowest BCUT2D eigenvalue weighted by Gasteiger charge is -2.11. The van der Waals surface area contributed by atoms with E-state index in [1.54, 1.807) is 14.2 Å². The molecule has 0 rings (SSSR count). The van der Waals surface area contributed by atoms with E-state index in [2.05, 4.69) is 29.8 Å². The van der Waals surface area contributed by atoms with Gasteiger partial charge in [0.1, 0.15) is 0 Å². The van der Waals surface area contributed by atoms with E-state index in [0.717, 1.165) is 19.6 Å². The van der Waals surface area contributed by atoms with Gasteiger partial charge < -0.3 is 25.4 Å². The number of hydrogen-bond donors (Lipinski definition) is 3. The molecular weight excluding hydrogens is 206 g/mol. The summed E-state index contributed by atoms with van der Waals surface area (Å²) in [6.45, 7) is 7.12. The van der Waals surface area contributed by atoms with E-state index < -0.39 is 0 Å². The quantitative estimate of drug-likeness (QED) is 0.579. The monoisotopic (exact) mass is 237 g/mol. The molecule has 0 saturated carbocycles. The second-order valence-electron chi connectivity index (χ2n) is 2.92. The summed E-state index contributed by atoms with van der Waals surface area (Å²) in [5.74, 6) is 0. The summed E-state index contributed by atoms with van der Waals surface area (Å²) in [4.78, 5) is 0. The van der Waals surface area contributed by atoms with E-state index in [1.165, 1.54) is 0 Å². The molecule has 0 aromatic carbocycles. The minimum atomic E-state index is -0.111. The third-order valence-electron chi connectivity index (χ3n) is 1.40. The Kier molecular flexibility index (Phi) is 31.9. The Morgan fingerprint density at radius 2 is 1.31 bits per heavy atom. The molecule has 102 valence electrons. The summed E-state index contributed by atoms with van der Waals surface area (Å²) in [7, 11) is 8.84. The first-order chi connectivity index (χ1) is 7.67. The summed E-state index contributed by atoms with van der Waals surface area (Å²) in [5.41, 5.74) is 0. The van der Waals surface area contributed by atoms with Gasteiger partial charge in [-0.2, -0.15) is 0 Å². The molecule has 3 N–H and O–H groups in total. The van der Waals surface area contributed by atoms with E-state index in [0.29, 0.717) is 0 Å². The van der Waals surface area contributed by atoms with Gasteiger partial charge in [-0.3, -0.25) is 0 Å². The standard InChI is InChI=1S/C5H13NO2.C4H11N.C2H7N/c1-6-4-5(7-2)8-3;1-3-5-4-2;1-3-2/h5-6H,4H2,1-3H3;5H,3-4H2,1-2H3;3H,1-2H3. The van der Waals surface area contributed by atoms with E-state index in [1.807, 2.05) is 21.1 Å². The van der Waals surface area contributed by atoms with Gasteiger partial charge in [0, 0.05) is 20.8 Å². The molecule has 0 aromatic heterocycles. The van der Waals surface area contributed by atoms with Crippen LogP contribution in [0.5, 0.6) is 0 Å². The number of methoxy groups -OCH3 is 2. The molecule has 0 unspecified atom stereocenters. The molecule has 5 heteroatoms. The summed E-state index contributed by atoms with van der Waals surface area (Å²) < 4.78 is 9.71. The molecule has 0 radical (unpaired) electrons. The average Bonchev–Trinajstić information content (AvgIpc) is 2.29. The number of ether oxygens (including phenoxy) is 2. The van der Waals surface area contributed by atoms with Gasteiger partial charge >= 0.3 is 0 Å². The smallest absolute Gasteiger partial charge is 0.169 e. The zero-order valence-electron chi connectivity index (χ0n) is 12.0. The molecule has 0 aliphatic rings. The van der Waals surface area contributed by atoms with Crippen molar-refractivity contribution in [2.75, 3.05) is 55.0 Å². The second-order valence-corrected chi connectivity index (χ2v) is 2.92. The largest absolute Gasteiger partial charge is 0.355 e. The number of likely N-dealkylation sites (N-methyl/N-ethyl adjacent to an activating group) is 1. The Labute approximate surface area is 101 Å². The van der Waals surface area contributed by atoms with Crippen molar-refractivity contribution in [2.45, 2.75) is 20.1 Å². The van der Waals surface area contributed by atoms with Gasteiger partial charge in [0.25, 0.3) is 0 Å². The summed E-state index contributed by atoms with van der Waals surface area (Å²) >= 11 is 0. The molecule has 0 bridgehead atoms. The summed E-state index contributed by atoms with van der Waals surface area (Å²) in [6.07, 6.45) is -0.111. The summed E-state index contributed by atoms with van der Waals surface area (Å²) in [6, 6.07) is 0. The van der Waals surface area contributed by atoms with Crippen LogP contribution in [-0.2, 0) is 9.47 Å². The lowest BCUT2D eigenvalue weighted by molar-refractivity contribution is -0.0978. The molecule has 0 spiro atoms. The molecule has 0 fully saturated rings. The van der Waals surface area contributed by atoms with Gasteiger partial charge in [0.05, 0.1) is 0 Å². The molecule has 0 atom stereocenters. The molecule has 0 saturated heterocycles. The summed E-state index contributed by atoms with van der Waals surface area (Å²) in [5, 5.41) is 8.78. The van der Waals surface area contributed by atoms with Crippen LogP contribution < -0.4 is 16.0 Å². The van der Waals surface area contributed by atoms with Crippen LogP contribution >= 0.6 is 0 Å². The first kappa shape index (κ1) is 21.1. The van der Waals surface area contributed by atoms with E-state index in [4.69, 9.17) is 9.47 Å². The molecule has 0 amide bonds. The zero-order valence-corrected chi connectivity index (χ0v) is 12.0. The maximum Gasteiger partial charge on any atom is 0.169 e. The van der Waals surface area contributed by atoms with Crippen molar-refractivity contribution in [3.63, 3.8) is 0 Å². The molecule has 0 aliphatic carbocycles.